The molecule has 0 aliphatic heterocycles. The van der Waals surface area contributed by atoms with E-state index in [1.165, 1.54) is 7.11 Å². The second-order valence-corrected chi connectivity index (χ2v) is 5.13. The Hall–Kier alpha value is -2.34. The number of nitrogens with zero attached hydrogens (tertiary/aromatic N) is 1. The molecule has 1 amide bonds. The SMILES string of the molecule is COc1ccc(C(=O)N/N=C(\C)c2cccs2)cc1OC. The maximum absolute atomic E-state index is 12.1. The lowest BCUT2D eigenvalue weighted by molar-refractivity contribution is 0.0954. The number of methoxy groups -OCH3 is 2. The van der Waals surface area contributed by atoms with Gasteiger partial charge >= 0.3 is 0 Å². The molecule has 110 valence electrons. The molecule has 0 fully saturated rings. The monoisotopic (exact) mass is 304 g/mol. The van der Waals surface area contributed by atoms with Crippen LogP contribution in [0.2, 0.25) is 0 Å². The lowest BCUT2D eigenvalue weighted by Crippen LogP contribution is -2.19. The molecule has 0 aliphatic carbocycles. The predicted molar refractivity (Wildman–Crippen MR) is 83.5 cm³/mol. The zero-order chi connectivity index (χ0) is 15.2. The molecule has 0 unspecified atom stereocenters. The van der Waals surface area contributed by atoms with Crippen LogP contribution in [-0.2, 0) is 0 Å². The normalized spacial score (nSPS) is 11.1. The lowest BCUT2D eigenvalue weighted by Gasteiger charge is -2.08. The van der Waals surface area contributed by atoms with Crippen LogP contribution in [-0.4, -0.2) is 25.8 Å². The number of carbonyl (C=O) groups excluding carboxylic acids is 1. The van der Waals surface area contributed by atoms with E-state index in [-0.39, 0.29) is 5.91 Å². The van der Waals surface area contributed by atoms with E-state index in [2.05, 4.69) is 10.5 Å². The summed E-state index contributed by atoms with van der Waals surface area (Å²) in [5.74, 6) is 0.781. The summed E-state index contributed by atoms with van der Waals surface area (Å²) >= 11 is 1.57. The fourth-order valence-electron chi connectivity index (χ4n) is 1.72. The number of nitrogens with one attached hydrogen (secondary N) is 1. The average molecular weight is 304 g/mol. The Bertz CT molecular complexity index is 651. The predicted octanol–water partition coefficient (Wildman–Crippen LogP) is 2.92. The van der Waals surface area contributed by atoms with Crippen LogP contribution in [0, 0.1) is 0 Å². The molecule has 5 nitrogen and oxygen atoms in total. The Balaban J connectivity index is 2.12. The molecule has 0 atom stereocenters. The van der Waals surface area contributed by atoms with Crippen molar-refractivity contribution in [2.24, 2.45) is 5.10 Å². The second kappa shape index (κ2) is 6.90. The van der Waals surface area contributed by atoms with Gasteiger partial charge in [-0.2, -0.15) is 5.10 Å². The molecule has 1 aromatic heterocycles. The van der Waals surface area contributed by atoms with Crippen LogP contribution in [0.1, 0.15) is 22.2 Å². The zero-order valence-corrected chi connectivity index (χ0v) is 12.9. The van der Waals surface area contributed by atoms with Crippen LogP contribution in [0.25, 0.3) is 0 Å². The molecule has 0 spiro atoms. The third-order valence-corrected chi connectivity index (χ3v) is 3.83. The van der Waals surface area contributed by atoms with Crippen LogP contribution in [0.15, 0.2) is 40.8 Å². The lowest BCUT2D eigenvalue weighted by atomic mass is 10.2. The van der Waals surface area contributed by atoms with Crippen molar-refractivity contribution in [3.63, 3.8) is 0 Å². The van der Waals surface area contributed by atoms with Gasteiger partial charge in [0.2, 0.25) is 0 Å². The third kappa shape index (κ3) is 3.61. The number of hydrogen-bond acceptors (Lipinski definition) is 5. The Labute approximate surface area is 127 Å². The molecule has 0 aliphatic rings. The fourth-order valence-corrected chi connectivity index (χ4v) is 2.39. The first-order chi connectivity index (χ1) is 10.2. The molecule has 1 N–H and O–H groups in total. The van der Waals surface area contributed by atoms with Crippen molar-refractivity contribution in [2.45, 2.75) is 6.92 Å². The summed E-state index contributed by atoms with van der Waals surface area (Å²) in [7, 11) is 3.07. The van der Waals surface area contributed by atoms with Gasteiger partial charge in [-0.25, -0.2) is 5.43 Å². The van der Waals surface area contributed by atoms with Gasteiger partial charge in [-0.1, -0.05) is 6.07 Å². The van der Waals surface area contributed by atoms with Gasteiger partial charge in [-0.3, -0.25) is 4.79 Å². The van der Waals surface area contributed by atoms with Crippen molar-refractivity contribution in [1.29, 1.82) is 0 Å². The number of ether oxygens (including phenoxy) is 2. The van der Waals surface area contributed by atoms with Gasteiger partial charge in [-0.15, -0.1) is 11.3 Å². The molecule has 0 bridgehead atoms. The minimum Gasteiger partial charge on any atom is -0.493 e. The fraction of sp³-hybridized carbons (Fsp3) is 0.200. The molecule has 2 rings (SSSR count). The van der Waals surface area contributed by atoms with E-state index in [4.69, 9.17) is 9.47 Å². The molecule has 6 heteroatoms. The number of amides is 1. The van der Waals surface area contributed by atoms with Gasteiger partial charge in [0.15, 0.2) is 11.5 Å². The van der Waals surface area contributed by atoms with Crippen molar-refractivity contribution in [1.82, 2.24) is 5.43 Å². The summed E-state index contributed by atoms with van der Waals surface area (Å²) < 4.78 is 10.3. The first-order valence-electron chi connectivity index (χ1n) is 6.26. The van der Waals surface area contributed by atoms with Gasteiger partial charge in [0.25, 0.3) is 5.91 Å². The highest BCUT2D eigenvalue weighted by Gasteiger charge is 2.10. The molecule has 21 heavy (non-hydrogen) atoms. The van der Waals surface area contributed by atoms with Crippen molar-refractivity contribution in [2.75, 3.05) is 14.2 Å². The number of benzene rings is 1. The summed E-state index contributed by atoms with van der Waals surface area (Å²) in [6.45, 7) is 1.85. The van der Waals surface area contributed by atoms with E-state index in [0.29, 0.717) is 17.1 Å². The smallest absolute Gasteiger partial charge is 0.271 e. The number of rotatable bonds is 5. The summed E-state index contributed by atoms with van der Waals surface area (Å²) in [5, 5.41) is 6.06. The van der Waals surface area contributed by atoms with Crippen molar-refractivity contribution < 1.29 is 14.3 Å². The standard InChI is InChI=1S/C15H16N2O3S/c1-10(14-5-4-8-21-14)16-17-15(18)11-6-7-12(19-2)13(9-11)20-3/h4-9H,1-3H3,(H,17,18)/b16-10+. The van der Waals surface area contributed by atoms with E-state index < -0.39 is 0 Å². The first kappa shape index (κ1) is 15.1. The van der Waals surface area contributed by atoms with Crippen molar-refractivity contribution in [3.8, 4) is 11.5 Å². The number of carbonyl (C=O) groups is 1. The Morgan fingerprint density at radius 1 is 1.19 bits per heavy atom. The minimum atomic E-state index is -0.299. The van der Waals surface area contributed by atoms with Crippen molar-refractivity contribution in [3.05, 3.63) is 46.2 Å². The maximum Gasteiger partial charge on any atom is 0.271 e. The van der Waals surface area contributed by atoms with Gasteiger partial charge in [-0.05, 0) is 36.6 Å². The first-order valence-corrected chi connectivity index (χ1v) is 7.14. The number of thiophene rings is 1. The second-order valence-electron chi connectivity index (χ2n) is 4.19. The van der Waals surface area contributed by atoms with Gasteiger partial charge in [0.05, 0.1) is 19.9 Å². The Morgan fingerprint density at radius 2 is 1.95 bits per heavy atom. The third-order valence-electron chi connectivity index (χ3n) is 2.85. The van der Waals surface area contributed by atoms with E-state index in [1.807, 2.05) is 24.4 Å². The van der Waals surface area contributed by atoms with Gasteiger partial charge < -0.3 is 9.47 Å². The van der Waals surface area contributed by atoms with E-state index in [1.54, 1.807) is 36.6 Å². The highest BCUT2D eigenvalue weighted by Crippen LogP contribution is 2.27. The summed E-state index contributed by atoms with van der Waals surface area (Å²) in [5.41, 5.74) is 3.75. The summed E-state index contributed by atoms with van der Waals surface area (Å²) in [6.07, 6.45) is 0. The summed E-state index contributed by atoms with van der Waals surface area (Å²) in [6, 6.07) is 8.85. The molecule has 0 saturated heterocycles. The van der Waals surface area contributed by atoms with E-state index in [0.717, 1.165) is 10.6 Å². The largest absolute Gasteiger partial charge is 0.493 e. The zero-order valence-electron chi connectivity index (χ0n) is 12.0. The molecule has 0 saturated carbocycles. The minimum absolute atomic E-state index is 0.299. The van der Waals surface area contributed by atoms with E-state index in [9.17, 15) is 4.79 Å². The molecule has 2 aromatic rings. The molecule has 1 aromatic carbocycles. The van der Waals surface area contributed by atoms with Crippen LogP contribution < -0.4 is 14.9 Å². The quantitative estimate of drug-likeness (QED) is 0.682. The molecular weight excluding hydrogens is 288 g/mol. The number of hydrazone groups is 1. The molecule has 1 heterocycles. The average Bonchev–Trinajstić information content (AvgIpc) is 3.06. The van der Waals surface area contributed by atoms with Crippen molar-refractivity contribution >= 4 is 23.0 Å². The Morgan fingerprint density at radius 3 is 2.57 bits per heavy atom. The van der Waals surface area contributed by atoms with Crippen LogP contribution >= 0.6 is 11.3 Å². The molecule has 0 radical (unpaired) electrons. The van der Waals surface area contributed by atoms with Gasteiger partial charge in [0.1, 0.15) is 0 Å². The Kier molecular flexibility index (Phi) is 4.94. The van der Waals surface area contributed by atoms with Crippen LogP contribution in [0.4, 0.5) is 0 Å². The van der Waals surface area contributed by atoms with Gasteiger partial charge in [0, 0.05) is 10.4 Å². The topological polar surface area (TPSA) is 59.9 Å². The maximum atomic E-state index is 12.1. The highest BCUT2D eigenvalue weighted by molar-refractivity contribution is 7.12. The van der Waals surface area contributed by atoms with Crippen LogP contribution in [0.5, 0.6) is 11.5 Å². The molecular formula is C15H16N2O3S. The van der Waals surface area contributed by atoms with Crippen LogP contribution in [0.3, 0.4) is 0 Å². The highest BCUT2D eigenvalue weighted by atomic mass is 32.1. The number of hydrogen-bond donors (Lipinski definition) is 1. The summed E-state index contributed by atoms with van der Waals surface area (Å²) in [4.78, 5) is 13.1. The van der Waals surface area contributed by atoms with E-state index >= 15 is 0 Å².